The normalized spacial score (nSPS) is 11.9. The van der Waals surface area contributed by atoms with Crippen LogP contribution in [0, 0.1) is 0 Å². The van der Waals surface area contributed by atoms with Crippen LogP contribution in [0.3, 0.4) is 0 Å². The molecule has 0 fully saturated rings. The van der Waals surface area contributed by atoms with Crippen LogP contribution < -0.4 is 10.1 Å². The second-order valence-electron chi connectivity index (χ2n) is 3.52. The number of hydrogen-bond acceptors (Lipinski definition) is 3. The van der Waals surface area contributed by atoms with Gasteiger partial charge in [0.2, 0.25) is 0 Å². The van der Waals surface area contributed by atoms with Crippen LogP contribution in [0.5, 0.6) is 5.75 Å². The number of alkyl halides is 6. The number of hydrogen-bond donors (Lipinski definition) is 2. The number of nitrogens with one attached hydrogen (secondary N) is 1. The molecular weight excluding hydrogens is 312 g/mol. The van der Waals surface area contributed by atoms with Gasteiger partial charge in [-0.3, -0.25) is 4.79 Å². The van der Waals surface area contributed by atoms with E-state index in [0.29, 0.717) is 18.2 Å². The molecule has 2 N–H and O–H groups in total. The van der Waals surface area contributed by atoms with E-state index in [0.717, 1.165) is 0 Å². The molecule has 1 rings (SSSR count). The highest BCUT2D eigenvalue weighted by Gasteiger charge is 2.39. The van der Waals surface area contributed by atoms with Crippen molar-refractivity contribution in [3.8, 4) is 5.75 Å². The van der Waals surface area contributed by atoms with Crippen molar-refractivity contribution < 1.29 is 45.8 Å². The standard InChI is InChI=1S/C10H5F6NO4/c11-9(12,13)8(20)17-4-1-2-5(7(18)19)6(3-4)21-10(14,15)16/h1-3H,(H,17,20)(H,18,19). The monoisotopic (exact) mass is 317 g/mol. The van der Waals surface area contributed by atoms with Crippen molar-refractivity contribution in [3.63, 3.8) is 0 Å². The van der Waals surface area contributed by atoms with Crippen molar-refractivity contribution in [1.82, 2.24) is 0 Å². The number of halogens is 6. The van der Waals surface area contributed by atoms with E-state index in [1.54, 1.807) is 0 Å². The van der Waals surface area contributed by atoms with Crippen molar-refractivity contribution in [3.05, 3.63) is 23.8 Å². The molecule has 0 aliphatic rings. The lowest BCUT2D eigenvalue weighted by atomic mass is 10.2. The number of carboxylic acid groups (broad SMARTS) is 1. The number of rotatable bonds is 3. The highest BCUT2D eigenvalue weighted by molar-refractivity contribution is 5.96. The summed E-state index contributed by atoms with van der Waals surface area (Å²) in [7, 11) is 0. The zero-order valence-corrected chi connectivity index (χ0v) is 9.67. The Morgan fingerprint density at radius 2 is 1.67 bits per heavy atom. The summed E-state index contributed by atoms with van der Waals surface area (Å²) in [5, 5.41) is 9.92. The average molecular weight is 317 g/mol. The first-order valence-electron chi connectivity index (χ1n) is 4.91. The Morgan fingerprint density at radius 1 is 1.10 bits per heavy atom. The van der Waals surface area contributed by atoms with Gasteiger partial charge in [-0.2, -0.15) is 13.2 Å². The number of carbonyl (C=O) groups is 2. The smallest absolute Gasteiger partial charge is 0.478 e. The molecule has 0 radical (unpaired) electrons. The van der Waals surface area contributed by atoms with Crippen molar-refractivity contribution in [1.29, 1.82) is 0 Å². The Hall–Kier alpha value is -2.46. The molecule has 0 aromatic heterocycles. The van der Waals surface area contributed by atoms with Crippen LogP contribution in [0.2, 0.25) is 0 Å². The second kappa shape index (κ2) is 5.50. The topological polar surface area (TPSA) is 75.6 Å². The lowest BCUT2D eigenvalue weighted by molar-refractivity contribution is -0.274. The van der Waals surface area contributed by atoms with Crippen molar-refractivity contribution in [2.75, 3.05) is 5.32 Å². The zero-order chi connectivity index (χ0) is 16.4. The minimum atomic E-state index is -5.25. The quantitative estimate of drug-likeness (QED) is 0.841. The van der Waals surface area contributed by atoms with Crippen LogP contribution in [0.15, 0.2) is 18.2 Å². The maximum Gasteiger partial charge on any atom is 0.573 e. The molecule has 0 atom stereocenters. The van der Waals surface area contributed by atoms with E-state index in [4.69, 9.17) is 5.11 Å². The molecule has 0 bridgehead atoms. The fourth-order valence-corrected chi connectivity index (χ4v) is 1.19. The Kier molecular flexibility index (Phi) is 4.35. The molecule has 0 saturated heterocycles. The van der Waals surface area contributed by atoms with Gasteiger partial charge in [0.25, 0.3) is 0 Å². The molecule has 0 aliphatic heterocycles. The lowest BCUT2D eigenvalue weighted by Crippen LogP contribution is -2.30. The number of carbonyl (C=O) groups excluding carboxylic acids is 1. The van der Waals surface area contributed by atoms with Gasteiger partial charge in [0.15, 0.2) is 0 Å². The average Bonchev–Trinajstić information content (AvgIpc) is 2.24. The predicted octanol–water partition coefficient (Wildman–Crippen LogP) is 2.78. The van der Waals surface area contributed by atoms with Gasteiger partial charge < -0.3 is 15.2 Å². The number of aromatic carboxylic acids is 1. The van der Waals surface area contributed by atoms with Gasteiger partial charge in [-0.05, 0) is 12.1 Å². The van der Waals surface area contributed by atoms with Gasteiger partial charge in [-0.1, -0.05) is 0 Å². The van der Waals surface area contributed by atoms with Crippen molar-refractivity contribution >= 4 is 17.6 Å². The molecule has 0 unspecified atom stereocenters. The third kappa shape index (κ3) is 4.85. The summed E-state index contributed by atoms with van der Waals surface area (Å²) in [6.07, 6.45) is -10.5. The molecule has 116 valence electrons. The van der Waals surface area contributed by atoms with Crippen molar-refractivity contribution in [2.45, 2.75) is 12.5 Å². The maximum absolute atomic E-state index is 12.1. The van der Waals surface area contributed by atoms with Crippen LogP contribution in [-0.2, 0) is 4.79 Å². The fraction of sp³-hybridized carbons (Fsp3) is 0.200. The number of benzene rings is 1. The molecule has 0 aliphatic carbocycles. The van der Waals surface area contributed by atoms with E-state index in [1.807, 2.05) is 0 Å². The Labute approximate surface area is 112 Å². The molecular formula is C10H5F6NO4. The minimum Gasteiger partial charge on any atom is -0.478 e. The maximum atomic E-state index is 12.1. The highest BCUT2D eigenvalue weighted by atomic mass is 19.4. The van der Waals surface area contributed by atoms with Gasteiger partial charge >= 0.3 is 24.4 Å². The molecule has 0 saturated carbocycles. The SMILES string of the molecule is O=C(O)c1ccc(NC(=O)C(F)(F)F)cc1OC(F)(F)F. The number of carboxylic acids is 1. The van der Waals surface area contributed by atoms with Gasteiger partial charge in [-0.15, -0.1) is 13.2 Å². The molecule has 21 heavy (non-hydrogen) atoms. The zero-order valence-electron chi connectivity index (χ0n) is 9.67. The number of ether oxygens (including phenoxy) is 1. The predicted molar refractivity (Wildman–Crippen MR) is 54.8 cm³/mol. The first-order chi connectivity index (χ1) is 9.40. The first-order valence-corrected chi connectivity index (χ1v) is 4.91. The summed E-state index contributed by atoms with van der Waals surface area (Å²) >= 11 is 0. The third-order valence-electron chi connectivity index (χ3n) is 1.95. The summed E-state index contributed by atoms with van der Waals surface area (Å²) in [6, 6.07) is 1.58. The Morgan fingerprint density at radius 3 is 2.10 bits per heavy atom. The molecule has 5 nitrogen and oxygen atoms in total. The molecule has 1 aromatic rings. The van der Waals surface area contributed by atoms with E-state index >= 15 is 0 Å². The molecule has 0 spiro atoms. The third-order valence-corrected chi connectivity index (χ3v) is 1.95. The number of anilines is 1. The Balaban J connectivity index is 3.13. The van der Waals surface area contributed by atoms with Gasteiger partial charge in [0.1, 0.15) is 11.3 Å². The molecule has 11 heteroatoms. The second-order valence-corrected chi connectivity index (χ2v) is 3.52. The molecule has 0 heterocycles. The van der Waals surface area contributed by atoms with E-state index in [1.165, 1.54) is 5.32 Å². The van der Waals surface area contributed by atoms with E-state index < -0.39 is 41.4 Å². The summed E-state index contributed by atoms with van der Waals surface area (Å²) in [5.41, 5.74) is -1.64. The van der Waals surface area contributed by atoms with E-state index in [9.17, 15) is 35.9 Å². The van der Waals surface area contributed by atoms with Crippen LogP contribution in [0.4, 0.5) is 32.0 Å². The molecule has 1 amide bonds. The Bertz CT molecular complexity index is 566. The van der Waals surface area contributed by atoms with Gasteiger partial charge in [0.05, 0.1) is 0 Å². The van der Waals surface area contributed by atoms with Crippen LogP contribution in [0.25, 0.3) is 0 Å². The fourth-order valence-electron chi connectivity index (χ4n) is 1.19. The highest BCUT2D eigenvalue weighted by Crippen LogP contribution is 2.30. The van der Waals surface area contributed by atoms with Crippen LogP contribution in [0.1, 0.15) is 10.4 Å². The first kappa shape index (κ1) is 16.6. The summed E-state index contributed by atoms with van der Waals surface area (Å²) in [5.74, 6) is -5.47. The van der Waals surface area contributed by atoms with Crippen molar-refractivity contribution in [2.24, 2.45) is 0 Å². The molecule has 1 aromatic carbocycles. The van der Waals surface area contributed by atoms with E-state index in [2.05, 4.69) is 4.74 Å². The number of amides is 1. The lowest BCUT2D eigenvalue weighted by Gasteiger charge is -2.13. The summed E-state index contributed by atoms with van der Waals surface area (Å²) < 4.78 is 75.6. The summed E-state index contributed by atoms with van der Waals surface area (Å²) in [6.45, 7) is 0. The largest absolute Gasteiger partial charge is 0.573 e. The summed E-state index contributed by atoms with van der Waals surface area (Å²) in [4.78, 5) is 21.3. The minimum absolute atomic E-state index is 0.320. The van der Waals surface area contributed by atoms with Gasteiger partial charge in [0, 0.05) is 11.8 Å². The van der Waals surface area contributed by atoms with Gasteiger partial charge in [-0.25, -0.2) is 4.79 Å². The van der Waals surface area contributed by atoms with Crippen LogP contribution in [-0.4, -0.2) is 29.5 Å². The van der Waals surface area contributed by atoms with E-state index in [-0.39, 0.29) is 0 Å². The van der Waals surface area contributed by atoms with Crippen LogP contribution >= 0.6 is 0 Å².